The van der Waals surface area contributed by atoms with Gasteiger partial charge in [0, 0.05) is 18.4 Å². The lowest BCUT2D eigenvalue weighted by Gasteiger charge is -2.00. The molecular formula is C14H15N. The molecule has 3 rings (SSSR count). The van der Waals surface area contributed by atoms with E-state index in [0.717, 1.165) is 5.92 Å². The van der Waals surface area contributed by atoms with Crippen LogP contribution in [-0.4, -0.2) is 4.57 Å². The topological polar surface area (TPSA) is 4.93 Å². The first-order valence-electron chi connectivity index (χ1n) is 5.57. The molecule has 1 atom stereocenters. The van der Waals surface area contributed by atoms with Gasteiger partial charge >= 0.3 is 0 Å². The van der Waals surface area contributed by atoms with Crippen LogP contribution in [0.25, 0.3) is 11.1 Å². The van der Waals surface area contributed by atoms with E-state index in [9.17, 15) is 0 Å². The highest BCUT2D eigenvalue weighted by Crippen LogP contribution is 2.28. The Morgan fingerprint density at radius 1 is 1.13 bits per heavy atom. The van der Waals surface area contributed by atoms with Crippen molar-refractivity contribution in [1.82, 2.24) is 4.57 Å². The van der Waals surface area contributed by atoms with E-state index in [-0.39, 0.29) is 0 Å². The Bertz CT molecular complexity index is 444. The maximum atomic E-state index is 2.40. The summed E-state index contributed by atoms with van der Waals surface area (Å²) in [5, 5.41) is 0. The molecule has 0 saturated carbocycles. The lowest BCUT2D eigenvalue weighted by Crippen LogP contribution is -1.95. The first-order valence-corrected chi connectivity index (χ1v) is 5.57. The van der Waals surface area contributed by atoms with Crippen LogP contribution in [0.3, 0.4) is 0 Å². The molecule has 0 N–H and O–H groups in total. The minimum absolute atomic E-state index is 0.810. The summed E-state index contributed by atoms with van der Waals surface area (Å²) in [6, 6.07) is 12.9. The van der Waals surface area contributed by atoms with E-state index in [0.29, 0.717) is 0 Å². The average molecular weight is 197 g/mol. The monoisotopic (exact) mass is 197 g/mol. The maximum Gasteiger partial charge on any atom is 0.0251 e. The van der Waals surface area contributed by atoms with Gasteiger partial charge in [-0.25, -0.2) is 0 Å². The molecule has 1 aromatic carbocycles. The van der Waals surface area contributed by atoms with Gasteiger partial charge in [-0.05, 0) is 29.5 Å². The van der Waals surface area contributed by atoms with Crippen LogP contribution in [0.2, 0.25) is 0 Å². The van der Waals surface area contributed by atoms with Crippen LogP contribution in [0, 0.1) is 5.92 Å². The minimum atomic E-state index is 0.810. The molecule has 1 aliphatic rings. The SMILES string of the molecule is CC1Cc2cc(-c3ccccc3)cn2C1. The molecule has 0 radical (unpaired) electrons. The molecule has 0 spiro atoms. The van der Waals surface area contributed by atoms with E-state index in [1.807, 2.05) is 0 Å². The summed E-state index contributed by atoms with van der Waals surface area (Å²) < 4.78 is 2.40. The normalized spacial score (nSPS) is 19.1. The van der Waals surface area contributed by atoms with E-state index < -0.39 is 0 Å². The van der Waals surface area contributed by atoms with E-state index >= 15 is 0 Å². The summed E-state index contributed by atoms with van der Waals surface area (Å²) in [5.74, 6) is 0.810. The second kappa shape index (κ2) is 3.27. The summed E-state index contributed by atoms with van der Waals surface area (Å²) >= 11 is 0. The first kappa shape index (κ1) is 8.78. The predicted octanol–water partition coefficient (Wildman–Crippen LogP) is 3.35. The van der Waals surface area contributed by atoms with Crippen molar-refractivity contribution in [2.45, 2.75) is 19.9 Å². The second-order valence-electron chi connectivity index (χ2n) is 4.55. The highest BCUT2D eigenvalue weighted by molar-refractivity contribution is 5.63. The molecule has 0 fully saturated rings. The minimum Gasteiger partial charge on any atom is -0.351 e. The van der Waals surface area contributed by atoms with Gasteiger partial charge in [-0.2, -0.15) is 0 Å². The van der Waals surface area contributed by atoms with Crippen LogP contribution in [0.15, 0.2) is 42.6 Å². The summed E-state index contributed by atoms with van der Waals surface area (Å²) in [7, 11) is 0. The molecule has 1 nitrogen and oxygen atoms in total. The molecule has 0 aliphatic carbocycles. The Balaban J connectivity index is 2.00. The average Bonchev–Trinajstić information content (AvgIpc) is 2.76. The number of hydrogen-bond donors (Lipinski definition) is 0. The smallest absolute Gasteiger partial charge is 0.0251 e. The van der Waals surface area contributed by atoms with Crippen molar-refractivity contribution in [2.75, 3.05) is 0 Å². The van der Waals surface area contributed by atoms with Crippen molar-refractivity contribution in [3.8, 4) is 11.1 Å². The zero-order chi connectivity index (χ0) is 10.3. The second-order valence-corrected chi connectivity index (χ2v) is 4.55. The molecule has 76 valence electrons. The highest BCUT2D eigenvalue weighted by atomic mass is 15.0. The fourth-order valence-electron chi connectivity index (χ4n) is 2.44. The van der Waals surface area contributed by atoms with Gasteiger partial charge in [-0.3, -0.25) is 0 Å². The number of benzene rings is 1. The van der Waals surface area contributed by atoms with E-state index in [1.165, 1.54) is 29.8 Å². The lowest BCUT2D eigenvalue weighted by molar-refractivity contribution is 0.564. The summed E-state index contributed by atoms with van der Waals surface area (Å²) in [4.78, 5) is 0. The fraction of sp³-hybridized carbons (Fsp3) is 0.286. The molecule has 1 heteroatoms. The number of fused-ring (bicyclic) bond motifs is 1. The fourth-order valence-corrected chi connectivity index (χ4v) is 2.44. The summed E-state index contributed by atoms with van der Waals surface area (Å²) in [5.41, 5.74) is 4.17. The van der Waals surface area contributed by atoms with Gasteiger partial charge in [0.15, 0.2) is 0 Å². The molecule has 1 unspecified atom stereocenters. The summed E-state index contributed by atoms with van der Waals surface area (Å²) in [6.45, 7) is 3.50. The van der Waals surface area contributed by atoms with Crippen LogP contribution in [0.5, 0.6) is 0 Å². The van der Waals surface area contributed by atoms with Gasteiger partial charge in [0.05, 0.1) is 0 Å². The quantitative estimate of drug-likeness (QED) is 0.660. The Labute approximate surface area is 90.4 Å². The Morgan fingerprint density at radius 3 is 2.67 bits per heavy atom. The van der Waals surface area contributed by atoms with Crippen LogP contribution in [0.1, 0.15) is 12.6 Å². The van der Waals surface area contributed by atoms with Gasteiger partial charge in [-0.1, -0.05) is 37.3 Å². The molecular weight excluding hydrogens is 182 g/mol. The van der Waals surface area contributed by atoms with Crippen molar-refractivity contribution >= 4 is 0 Å². The van der Waals surface area contributed by atoms with E-state index in [1.54, 1.807) is 0 Å². The van der Waals surface area contributed by atoms with Gasteiger partial charge in [0.25, 0.3) is 0 Å². The third kappa shape index (κ3) is 1.48. The molecule has 1 aliphatic heterocycles. The van der Waals surface area contributed by atoms with Crippen molar-refractivity contribution in [2.24, 2.45) is 5.92 Å². The molecule has 2 aromatic rings. The van der Waals surface area contributed by atoms with Gasteiger partial charge in [-0.15, -0.1) is 0 Å². The Hall–Kier alpha value is -1.50. The predicted molar refractivity (Wildman–Crippen MR) is 62.7 cm³/mol. The number of aromatic nitrogens is 1. The molecule has 15 heavy (non-hydrogen) atoms. The largest absolute Gasteiger partial charge is 0.351 e. The lowest BCUT2D eigenvalue weighted by atomic mass is 10.1. The zero-order valence-corrected chi connectivity index (χ0v) is 8.98. The van der Waals surface area contributed by atoms with Crippen LogP contribution >= 0.6 is 0 Å². The molecule has 0 amide bonds. The van der Waals surface area contributed by atoms with Crippen molar-refractivity contribution in [1.29, 1.82) is 0 Å². The van der Waals surface area contributed by atoms with E-state index in [2.05, 4.69) is 54.1 Å². The van der Waals surface area contributed by atoms with Crippen molar-refractivity contribution < 1.29 is 0 Å². The molecule has 0 saturated heterocycles. The third-order valence-electron chi connectivity index (χ3n) is 3.16. The molecule has 2 heterocycles. The standard InChI is InChI=1S/C14H15N/c1-11-7-14-8-13(10-15(14)9-11)12-5-3-2-4-6-12/h2-6,8,10-11H,7,9H2,1H3. The van der Waals surface area contributed by atoms with Gasteiger partial charge in [0.2, 0.25) is 0 Å². The van der Waals surface area contributed by atoms with Crippen LogP contribution < -0.4 is 0 Å². The van der Waals surface area contributed by atoms with Crippen LogP contribution in [-0.2, 0) is 13.0 Å². The van der Waals surface area contributed by atoms with Crippen LogP contribution in [0.4, 0.5) is 0 Å². The van der Waals surface area contributed by atoms with E-state index in [4.69, 9.17) is 0 Å². The van der Waals surface area contributed by atoms with Crippen molar-refractivity contribution in [3.05, 3.63) is 48.3 Å². The van der Waals surface area contributed by atoms with Gasteiger partial charge in [0.1, 0.15) is 0 Å². The first-order chi connectivity index (χ1) is 7.33. The maximum absolute atomic E-state index is 2.40. The zero-order valence-electron chi connectivity index (χ0n) is 8.98. The number of hydrogen-bond acceptors (Lipinski definition) is 0. The number of nitrogens with zero attached hydrogens (tertiary/aromatic N) is 1. The molecule has 0 bridgehead atoms. The Morgan fingerprint density at radius 2 is 1.93 bits per heavy atom. The van der Waals surface area contributed by atoms with Crippen molar-refractivity contribution in [3.63, 3.8) is 0 Å². The van der Waals surface area contributed by atoms with Gasteiger partial charge < -0.3 is 4.57 Å². The highest BCUT2D eigenvalue weighted by Gasteiger charge is 2.18. The summed E-state index contributed by atoms with van der Waals surface area (Å²) in [6.07, 6.45) is 3.51. The molecule has 1 aromatic heterocycles. The number of rotatable bonds is 1. The Kier molecular flexibility index (Phi) is 1.91. The third-order valence-corrected chi connectivity index (χ3v) is 3.16.